The van der Waals surface area contributed by atoms with E-state index in [1.165, 1.54) is 11.3 Å². The zero-order valence-electron chi connectivity index (χ0n) is 7.07. The van der Waals surface area contributed by atoms with Crippen LogP contribution < -0.4 is 5.73 Å². The first kappa shape index (κ1) is 9.30. The number of fused-ring (bicyclic) bond motifs is 1. The maximum absolute atomic E-state index is 8.55. The van der Waals surface area contributed by atoms with Gasteiger partial charge in [0.1, 0.15) is 0 Å². The van der Waals surface area contributed by atoms with E-state index in [1.807, 2.05) is 24.3 Å². The summed E-state index contributed by atoms with van der Waals surface area (Å²) in [4.78, 5) is 0.607. The van der Waals surface area contributed by atoms with Crippen LogP contribution in [0.15, 0.2) is 29.4 Å². The van der Waals surface area contributed by atoms with Crippen LogP contribution in [0.2, 0.25) is 5.02 Å². The fraction of sp³-hybridized carbons (Fsp3) is 0. The lowest BCUT2D eigenvalue weighted by molar-refractivity contribution is 0.319. The topological polar surface area (TPSA) is 58.6 Å². The van der Waals surface area contributed by atoms with Gasteiger partial charge in [0.15, 0.2) is 5.84 Å². The molecular formula is C9H7ClN2OS. The summed E-state index contributed by atoms with van der Waals surface area (Å²) >= 11 is 7.48. The normalized spacial score (nSPS) is 12.2. The molecule has 1 aromatic carbocycles. The summed E-state index contributed by atoms with van der Waals surface area (Å²) in [7, 11) is 0. The predicted octanol–water partition coefficient (Wildman–Crippen LogP) is 2.65. The molecule has 0 amide bonds. The lowest BCUT2D eigenvalue weighted by Gasteiger charge is -1.92. The van der Waals surface area contributed by atoms with Crippen molar-refractivity contribution in [1.29, 1.82) is 0 Å². The van der Waals surface area contributed by atoms with Gasteiger partial charge in [-0.15, -0.1) is 11.3 Å². The summed E-state index contributed by atoms with van der Waals surface area (Å²) in [5, 5.41) is 13.0. The summed E-state index contributed by atoms with van der Waals surface area (Å²) in [6.45, 7) is 0. The standard InChI is InChI=1S/C9H7ClN2OS/c10-7-5-3-1-2-4-6(5)14-8(7)9(11)12-13/h1-4,13H,(H2,11,12). The van der Waals surface area contributed by atoms with Gasteiger partial charge in [0.05, 0.1) is 9.90 Å². The van der Waals surface area contributed by atoms with Gasteiger partial charge in [0, 0.05) is 10.1 Å². The first-order valence-corrected chi connectivity index (χ1v) is 5.08. The average Bonchev–Trinajstić information content (AvgIpc) is 2.56. The van der Waals surface area contributed by atoms with Crippen molar-refractivity contribution >= 4 is 38.9 Å². The second kappa shape index (κ2) is 3.48. The maximum Gasteiger partial charge on any atom is 0.181 e. The lowest BCUT2D eigenvalue weighted by Crippen LogP contribution is -2.11. The van der Waals surface area contributed by atoms with Gasteiger partial charge in [-0.3, -0.25) is 0 Å². The molecule has 0 atom stereocenters. The van der Waals surface area contributed by atoms with E-state index < -0.39 is 0 Å². The molecule has 5 heteroatoms. The van der Waals surface area contributed by atoms with Crippen molar-refractivity contribution in [2.75, 3.05) is 0 Å². The molecule has 2 rings (SSSR count). The molecule has 1 aromatic heterocycles. The molecule has 0 spiro atoms. The minimum Gasteiger partial charge on any atom is -0.409 e. The lowest BCUT2D eigenvalue weighted by atomic mass is 10.2. The van der Waals surface area contributed by atoms with E-state index in [-0.39, 0.29) is 5.84 Å². The average molecular weight is 227 g/mol. The zero-order chi connectivity index (χ0) is 10.1. The molecule has 2 aromatic rings. The molecule has 14 heavy (non-hydrogen) atoms. The zero-order valence-corrected chi connectivity index (χ0v) is 8.64. The molecule has 0 fully saturated rings. The van der Waals surface area contributed by atoms with Gasteiger partial charge in [0.2, 0.25) is 0 Å². The molecule has 1 heterocycles. The van der Waals surface area contributed by atoms with E-state index >= 15 is 0 Å². The van der Waals surface area contributed by atoms with E-state index in [9.17, 15) is 0 Å². The summed E-state index contributed by atoms with van der Waals surface area (Å²) in [6, 6.07) is 7.67. The highest BCUT2D eigenvalue weighted by Crippen LogP contribution is 2.34. The Labute approximate surface area is 89.4 Å². The number of rotatable bonds is 1. The van der Waals surface area contributed by atoms with Crippen molar-refractivity contribution in [3.05, 3.63) is 34.2 Å². The van der Waals surface area contributed by atoms with Crippen molar-refractivity contribution in [3.63, 3.8) is 0 Å². The Kier molecular flexibility index (Phi) is 2.31. The SMILES string of the molecule is N/C(=N/O)c1sc2ccccc2c1Cl. The molecule has 0 bridgehead atoms. The third kappa shape index (κ3) is 1.32. The highest BCUT2D eigenvalue weighted by atomic mass is 35.5. The molecule has 0 aliphatic carbocycles. The summed E-state index contributed by atoms with van der Waals surface area (Å²) in [6.07, 6.45) is 0. The molecule has 0 radical (unpaired) electrons. The van der Waals surface area contributed by atoms with Gasteiger partial charge in [-0.2, -0.15) is 0 Å². The smallest absolute Gasteiger partial charge is 0.181 e. The van der Waals surface area contributed by atoms with E-state index in [1.54, 1.807) is 0 Å². The van der Waals surface area contributed by atoms with E-state index in [4.69, 9.17) is 22.5 Å². The third-order valence-electron chi connectivity index (χ3n) is 1.88. The third-order valence-corrected chi connectivity index (χ3v) is 3.57. The Morgan fingerprint density at radius 1 is 1.43 bits per heavy atom. The molecule has 72 valence electrons. The van der Waals surface area contributed by atoms with Crippen molar-refractivity contribution in [2.45, 2.75) is 0 Å². The second-order valence-electron chi connectivity index (χ2n) is 2.73. The number of nitrogens with two attached hydrogens (primary N) is 1. The molecule has 0 unspecified atom stereocenters. The highest BCUT2D eigenvalue weighted by molar-refractivity contribution is 7.21. The van der Waals surface area contributed by atoms with Gasteiger partial charge in [-0.1, -0.05) is 35.0 Å². The maximum atomic E-state index is 8.55. The van der Waals surface area contributed by atoms with Gasteiger partial charge < -0.3 is 10.9 Å². The monoisotopic (exact) mass is 226 g/mol. The predicted molar refractivity (Wildman–Crippen MR) is 59.3 cm³/mol. The van der Waals surface area contributed by atoms with Crippen molar-refractivity contribution in [1.82, 2.24) is 0 Å². The second-order valence-corrected chi connectivity index (χ2v) is 4.16. The number of halogens is 1. The Bertz CT molecular complexity index is 506. The molecule has 0 aliphatic heterocycles. The molecule has 3 nitrogen and oxygen atoms in total. The van der Waals surface area contributed by atoms with Crippen LogP contribution in [0, 0.1) is 0 Å². The minimum absolute atomic E-state index is 0.0520. The number of benzene rings is 1. The van der Waals surface area contributed by atoms with Crippen LogP contribution >= 0.6 is 22.9 Å². The van der Waals surface area contributed by atoms with Crippen LogP contribution in [0.5, 0.6) is 0 Å². The molecule has 3 N–H and O–H groups in total. The first-order chi connectivity index (χ1) is 6.74. The van der Waals surface area contributed by atoms with Crippen LogP contribution in [0.1, 0.15) is 4.88 Å². The van der Waals surface area contributed by atoms with Crippen molar-refractivity contribution in [2.24, 2.45) is 10.9 Å². The Balaban J connectivity index is 2.75. The molecule has 0 aliphatic rings. The van der Waals surface area contributed by atoms with Gasteiger partial charge in [-0.05, 0) is 6.07 Å². The van der Waals surface area contributed by atoms with Crippen LogP contribution in [0.4, 0.5) is 0 Å². The summed E-state index contributed by atoms with van der Waals surface area (Å²) in [5.74, 6) is 0.0520. The van der Waals surface area contributed by atoms with Crippen LogP contribution in [-0.2, 0) is 0 Å². The van der Waals surface area contributed by atoms with E-state index in [2.05, 4.69) is 5.16 Å². The number of thiophene rings is 1. The minimum atomic E-state index is 0.0520. The summed E-state index contributed by atoms with van der Waals surface area (Å²) in [5.41, 5.74) is 5.48. The Morgan fingerprint density at radius 3 is 2.79 bits per heavy atom. The Morgan fingerprint density at radius 2 is 2.14 bits per heavy atom. The summed E-state index contributed by atoms with van der Waals surface area (Å²) < 4.78 is 1.03. The number of oxime groups is 1. The van der Waals surface area contributed by atoms with Crippen molar-refractivity contribution < 1.29 is 5.21 Å². The number of hydrogen-bond donors (Lipinski definition) is 2. The van der Waals surface area contributed by atoms with Gasteiger partial charge >= 0.3 is 0 Å². The molecule has 0 saturated heterocycles. The number of amidine groups is 1. The molecular weight excluding hydrogens is 220 g/mol. The highest BCUT2D eigenvalue weighted by Gasteiger charge is 2.12. The van der Waals surface area contributed by atoms with Gasteiger partial charge in [-0.25, -0.2) is 0 Å². The number of hydrogen-bond acceptors (Lipinski definition) is 3. The number of nitrogens with zero attached hydrogens (tertiary/aromatic N) is 1. The van der Waals surface area contributed by atoms with E-state index in [0.29, 0.717) is 9.90 Å². The largest absolute Gasteiger partial charge is 0.409 e. The fourth-order valence-corrected chi connectivity index (χ4v) is 2.65. The Hall–Kier alpha value is -1.26. The quantitative estimate of drug-likeness (QED) is 0.340. The van der Waals surface area contributed by atoms with Crippen LogP contribution in [0.3, 0.4) is 0 Å². The molecule has 0 saturated carbocycles. The van der Waals surface area contributed by atoms with Crippen molar-refractivity contribution in [3.8, 4) is 0 Å². The first-order valence-electron chi connectivity index (χ1n) is 3.89. The van der Waals surface area contributed by atoms with Crippen LogP contribution in [0.25, 0.3) is 10.1 Å². The van der Waals surface area contributed by atoms with Gasteiger partial charge in [0.25, 0.3) is 0 Å². The van der Waals surface area contributed by atoms with E-state index in [0.717, 1.165) is 10.1 Å². The fourth-order valence-electron chi connectivity index (χ4n) is 1.22. The van der Waals surface area contributed by atoms with Crippen LogP contribution in [-0.4, -0.2) is 11.0 Å².